The molecule has 1 N–H and O–H groups in total. The zero-order valence-electron chi connectivity index (χ0n) is 14.6. The van der Waals surface area contributed by atoms with Crippen molar-refractivity contribution in [1.82, 2.24) is 14.9 Å². The molecule has 0 spiro atoms. The van der Waals surface area contributed by atoms with Crippen LogP contribution >= 0.6 is 12.2 Å². The second-order valence-electron chi connectivity index (χ2n) is 6.23. The van der Waals surface area contributed by atoms with Crippen molar-refractivity contribution in [2.24, 2.45) is 5.10 Å². The molecule has 4 rings (SSSR count). The van der Waals surface area contributed by atoms with Crippen LogP contribution in [0.2, 0.25) is 0 Å². The summed E-state index contributed by atoms with van der Waals surface area (Å²) in [6.07, 6.45) is 5.92. The van der Waals surface area contributed by atoms with Gasteiger partial charge in [0.25, 0.3) is 0 Å². The molecule has 0 atom stereocenters. The molecule has 1 aliphatic carbocycles. The zero-order valence-corrected chi connectivity index (χ0v) is 15.4. The number of aromatic amines is 1. The van der Waals surface area contributed by atoms with Crippen LogP contribution in [-0.4, -0.2) is 21.1 Å². The van der Waals surface area contributed by atoms with Gasteiger partial charge in [-0.2, -0.15) is 14.9 Å². The summed E-state index contributed by atoms with van der Waals surface area (Å²) in [6, 6.07) is 10.1. The highest BCUT2D eigenvalue weighted by Crippen LogP contribution is 2.26. The Morgan fingerprint density at radius 3 is 3.08 bits per heavy atom. The summed E-state index contributed by atoms with van der Waals surface area (Å²) in [5.41, 5.74) is 2.84. The Hall–Kier alpha value is -2.67. The van der Waals surface area contributed by atoms with E-state index in [-0.39, 0.29) is 0 Å². The number of nitrogens with one attached hydrogen (secondary N) is 1. The first-order valence-corrected chi connectivity index (χ1v) is 9.17. The molecule has 1 aromatic carbocycles. The van der Waals surface area contributed by atoms with Gasteiger partial charge in [-0.1, -0.05) is 13.0 Å². The number of benzene rings is 1. The topological polar surface area (TPSA) is 68.3 Å². The van der Waals surface area contributed by atoms with Crippen LogP contribution in [0.25, 0.3) is 0 Å². The molecule has 2 heterocycles. The molecule has 3 aromatic rings. The average molecular weight is 368 g/mol. The van der Waals surface area contributed by atoms with E-state index in [1.807, 2.05) is 25.1 Å². The molecule has 134 valence electrons. The van der Waals surface area contributed by atoms with Crippen molar-refractivity contribution in [2.45, 2.75) is 39.2 Å². The van der Waals surface area contributed by atoms with E-state index in [1.165, 1.54) is 24.0 Å². The lowest BCUT2D eigenvalue weighted by molar-refractivity contribution is 0.269. The van der Waals surface area contributed by atoms with Gasteiger partial charge in [0.2, 0.25) is 4.77 Å². The molecule has 0 bridgehead atoms. The number of aromatic nitrogens is 3. The van der Waals surface area contributed by atoms with Crippen molar-refractivity contribution in [2.75, 3.05) is 0 Å². The highest BCUT2D eigenvalue weighted by atomic mass is 32.1. The van der Waals surface area contributed by atoms with Gasteiger partial charge in [0.1, 0.15) is 23.9 Å². The largest absolute Gasteiger partial charge is 0.486 e. The van der Waals surface area contributed by atoms with Crippen molar-refractivity contribution in [3.05, 3.63) is 63.6 Å². The van der Waals surface area contributed by atoms with Gasteiger partial charge in [-0.15, -0.1) is 0 Å². The first kappa shape index (κ1) is 16.8. The lowest BCUT2D eigenvalue weighted by atomic mass is 10.1. The minimum absolute atomic E-state index is 0.387. The molecule has 7 heteroatoms. The molecule has 0 unspecified atom stereocenters. The summed E-state index contributed by atoms with van der Waals surface area (Å²) in [7, 11) is 0. The monoisotopic (exact) mass is 368 g/mol. The smallest absolute Gasteiger partial charge is 0.216 e. The third-order valence-electron chi connectivity index (χ3n) is 4.47. The van der Waals surface area contributed by atoms with E-state index >= 15 is 0 Å². The van der Waals surface area contributed by atoms with Crippen LogP contribution in [0.4, 0.5) is 0 Å². The quantitative estimate of drug-likeness (QED) is 0.526. The third kappa shape index (κ3) is 3.48. The number of nitrogens with zero attached hydrogens (tertiary/aromatic N) is 3. The van der Waals surface area contributed by atoms with E-state index in [1.54, 1.807) is 10.9 Å². The lowest BCUT2D eigenvalue weighted by Gasteiger charge is -2.06. The van der Waals surface area contributed by atoms with E-state index in [0.717, 1.165) is 30.2 Å². The molecule has 0 radical (unpaired) electrons. The number of aryl methyl sites for hydroxylation is 3. The van der Waals surface area contributed by atoms with Crippen LogP contribution in [0.15, 0.2) is 39.9 Å². The van der Waals surface area contributed by atoms with Gasteiger partial charge in [-0.3, -0.25) is 5.10 Å². The fourth-order valence-corrected chi connectivity index (χ4v) is 3.32. The fraction of sp³-hybridized carbons (Fsp3) is 0.316. The summed E-state index contributed by atoms with van der Waals surface area (Å²) in [4.78, 5) is 0. The molecule has 1 aliphatic rings. The normalized spacial score (nSPS) is 13.4. The van der Waals surface area contributed by atoms with E-state index in [9.17, 15) is 0 Å². The Balaban J connectivity index is 1.41. The van der Waals surface area contributed by atoms with Crippen LogP contribution in [-0.2, 0) is 25.9 Å². The predicted molar refractivity (Wildman–Crippen MR) is 101 cm³/mol. The van der Waals surface area contributed by atoms with Gasteiger partial charge in [-0.05, 0) is 66.9 Å². The summed E-state index contributed by atoms with van der Waals surface area (Å²) in [5.74, 6) is 3.05. The van der Waals surface area contributed by atoms with Gasteiger partial charge >= 0.3 is 0 Å². The number of furan rings is 1. The molecule has 2 aromatic heterocycles. The molecular weight excluding hydrogens is 348 g/mol. The van der Waals surface area contributed by atoms with Crippen molar-refractivity contribution in [1.29, 1.82) is 0 Å². The number of hydrogen-bond donors (Lipinski definition) is 1. The summed E-state index contributed by atoms with van der Waals surface area (Å²) >= 11 is 5.17. The van der Waals surface area contributed by atoms with Crippen LogP contribution in [0, 0.1) is 4.77 Å². The summed E-state index contributed by atoms with van der Waals surface area (Å²) in [6.45, 7) is 2.39. The second-order valence-corrected chi connectivity index (χ2v) is 6.62. The van der Waals surface area contributed by atoms with Gasteiger partial charge in [-0.25, -0.2) is 0 Å². The van der Waals surface area contributed by atoms with Gasteiger partial charge < -0.3 is 9.15 Å². The number of rotatable bonds is 6. The maximum absolute atomic E-state index is 5.86. The van der Waals surface area contributed by atoms with Crippen molar-refractivity contribution in [3.8, 4) is 5.75 Å². The Labute approximate surface area is 156 Å². The highest BCUT2D eigenvalue weighted by molar-refractivity contribution is 7.71. The molecular formula is C19H20N4O2S. The summed E-state index contributed by atoms with van der Waals surface area (Å²) in [5, 5.41) is 11.2. The maximum Gasteiger partial charge on any atom is 0.216 e. The van der Waals surface area contributed by atoms with Crippen LogP contribution in [0.5, 0.6) is 5.75 Å². The predicted octanol–water partition coefficient (Wildman–Crippen LogP) is 4.05. The molecule has 0 fully saturated rings. The van der Waals surface area contributed by atoms with Crippen LogP contribution < -0.4 is 4.74 Å². The number of ether oxygens (including phenoxy) is 1. The van der Waals surface area contributed by atoms with Crippen LogP contribution in [0.3, 0.4) is 0 Å². The molecule has 0 amide bonds. The molecule has 0 aliphatic heterocycles. The lowest BCUT2D eigenvalue weighted by Crippen LogP contribution is -1.97. The van der Waals surface area contributed by atoms with Gasteiger partial charge in [0, 0.05) is 6.42 Å². The van der Waals surface area contributed by atoms with E-state index in [4.69, 9.17) is 21.4 Å². The van der Waals surface area contributed by atoms with Gasteiger partial charge in [0.05, 0.1) is 6.21 Å². The van der Waals surface area contributed by atoms with Crippen molar-refractivity contribution < 1.29 is 9.15 Å². The number of H-pyrrole nitrogens is 1. The van der Waals surface area contributed by atoms with E-state index in [2.05, 4.69) is 27.4 Å². The molecule has 26 heavy (non-hydrogen) atoms. The minimum Gasteiger partial charge on any atom is -0.486 e. The number of hydrogen-bond acceptors (Lipinski definition) is 5. The maximum atomic E-state index is 5.86. The first-order valence-electron chi connectivity index (χ1n) is 8.77. The van der Waals surface area contributed by atoms with Gasteiger partial charge in [0.15, 0.2) is 5.82 Å². The number of fused-ring (bicyclic) bond motifs is 1. The third-order valence-corrected chi connectivity index (χ3v) is 4.73. The SMILES string of the molecule is CCc1n[nH]c(=S)n1/N=C\c1ccc(COc2ccc3c(c2)CCC3)o1. The molecule has 0 saturated heterocycles. The Kier molecular flexibility index (Phi) is 4.71. The Morgan fingerprint density at radius 2 is 2.19 bits per heavy atom. The fourth-order valence-electron chi connectivity index (χ4n) is 3.12. The molecule has 0 saturated carbocycles. The highest BCUT2D eigenvalue weighted by Gasteiger charge is 2.11. The Morgan fingerprint density at radius 1 is 1.31 bits per heavy atom. The minimum atomic E-state index is 0.387. The summed E-state index contributed by atoms with van der Waals surface area (Å²) < 4.78 is 13.7. The first-order chi connectivity index (χ1) is 12.7. The van der Waals surface area contributed by atoms with Crippen LogP contribution in [0.1, 0.15) is 41.8 Å². The van der Waals surface area contributed by atoms with E-state index < -0.39 is 0 Å². The van der Waals surface area contributed by atoms with Crippen molar-refractivity contribution in [3.63, 3.8) is 0 Å². The average Bonchev–Trinajstić information content (AvgIpc) is 3.37. The molecule has 6 nitrogen and oxygen atoms in total. The Bertz CT molecular complexity index is 999. The standard InChI is InChI=1S/C19H20N4O2S/c1-2-18-21-22-19(26)23(18)20-11-16-8-9-17(25-16)12-24-15-7-6-13-4-3-5-14(13)10-15/h6-11H,2-5,12H2,1H3,(H,22,26)/b20-11-. The van der Waals surface area contributed by atoms with E-state index in [0.29, 0.717) is 17.1 Å². The second kappa shape index (κ2) is 7.29. The van der Waals surface area contributed by atoms with Crippen molar-refractivity contribution >= 4 is 18.4 Å². The zero-order chi connectivity index (χ0) is 17.9.